The first-order chi connectivity index (χ1) is 9.10. The van der Waals surface area contributed by atoms with Crippen molar-refractivity contribution in [3.63, 3.8) is 0 Å². The summed E-state index contributed by atoms with van der Waals surface area (Å²) >= 11 is 0. The molecule has 0 rings (SSSR count). The van der Waals surface area contributed by atoms with E-state index in [1.807, 2.05) is 13.8 Å². The molecule has 0 bridgehead atoms. The normalized spacial score (nSPS) is 11.7. The van der Waals surface area contributed by atoms with Crippen molar-refractivity contribution >= 4 is 11.9 Å². The van der Waals surface area contributed by atoms with Crippen molar-refractivity contribution in [3.05, 3.63) is 12.7 Å². The quantitative estimate of drug-likeness (QED) is 0.328. The minimum Gasteiger partial charge on any atom is -0.466 e. The summed E-state index contributed by atoms with van der Waals surface area (Å²) in [6.07, 6.45) is 6.23. The third-order valence-electron chi connectivity index (χ3n) is 2.60. The molecular weight excluding hydrogens is 244 g/mol. The van der Waals surface area contributed by atoms with E-state index in [2.05, 4.69) is 6.58 Å². The zero-order valence-electron chi connectivity index (χ0n) is 12.2. The number of hydrogen-bond acceptors (Lipinski definition) is 4. The molecule has 0 aromatic carbocycles. The molecule has 19 heavy (non-hydrogen) atoms. The number of hydrogen-bond donors (Lipinski definition) is 0. The molecule has 0 aromatic heterocycles. The van der Waals surface area contributed by atoms with E-state index >= 15 is 0 Å². The smallest absolute Gasteiger partial charge is 0.306 e. The summed E-state index contributed by atoms with van der Waals surface area (Å²) in [5.41, 5.74) is 0. The molecule has 1 unspecified atom stereocenters. The second kappa shape index (κ2) is 11.8. The number of rotatable bonds is 11. The van der Waals surface area contributed by atoms with E-state index in [1.54, 1.807) is 6.08 Å². The first kappa shape index (κ1) is 17.7. The van der Waals surface area contributed by atoms with Crippen LogP contribution in [0.15, 0.2) is 12.7 Å². The maximum absolute atomic E-state index is 11.4. The molecule has 4 nitrogen and oxygen atoms in total. The highest BCUT2D eigenvalue weighted by Crippen LogP contribution is 2.06. The maximum atomic E-state index is 11.4. The molecule has 0 aliphatic rings. The molecule has 0 aliphatic carbocycles. The average Bonchev–Trinajstić information content (AvgIpc) is 2.35. The lowest BCUT2D eigenvalue weighted by Crippen LogP contribution is -2.14. The predicted molar refractivity (Wildman–Crippen MR) is 74.7 cm³/mol. The minimum absolute atomic E-state index is 0.121. The van der Waals surface area contributed by atoms with Crippen LogP contribution < -0.4 is 0 Å². The van der Waals surface area contributed by atoms with Crippen molar-refractivity contribution in [2.75, 3.05) is 6.61 Å². The summed E-state index contributed by atoms with van der Waals surface area (Å²) in [5, 5.41) is 0. The zero-order chi connectivity index (χ0) is 14.5. The van der Waals surface area contributed by atoms with Gasteiger partial charge in [-0.05, 0) is 26.2 Å². The van der Waals surface area contributed by atoms with Crippen molar-refractivity contribution < 1.29 is 19.1 Å². The van der Waals surface area contributed by atoms with Crippen LogP contribution in [0.1, 0.15) is 58.8 Å². The minimum atomic E-state index is -0.214. The first-order valence-corrected chi connectivity index (χ1v) is 7.06. The fraction of sp³-hybridized carbons (Fsp3) is 0.733. The molecular formula is C15H26O4. The average molecular weight is 270 g/mol. The molecule has 1 atom stereocenters. The SMILES string of the molecule is C=CCC(C)OC(=O)CCCCC(=O)OCCCC. The van der Waals surface area contributed by atoms with Gasteiger partial charge in [0, 0.05) is 19.3 Å². The van der Waals surface area contributed by atoms with Crippen LogP contribution in [-0.4, -0.2) is 24.6 Å². The molecule has 0 radical (unpaired) electrons. The molecule has 0 saturated heterocycles. The monoisotopic (exact) mass is 270 g/mol. The van der Waals surface area contributed by atoms with Crippen molar-refractivity contribution in [3.8, 4) is 0 Å². The van der Waals surface area contributed by atoms with Crippen LogP contribution in [0.25, 0.3) is 0 Å². The zero-order valence-corrected chi connectivity index (χ0v) is 12.2. The Hall–Kier alpha value is -1.32. The molecule has 0 heterocycles. The third-order valence-corrected chi connectivity index (χ3v) is 2.60. The van der Waals surface area contributed by atoms with Gasteiger partial charge in [0.1, 0.15) is 6.10 Å². The Balaban J connectivity index is 3.49. The van der Waals surface area contributed by atoms with Gasteiger partial charge in [-0.2, -0.15) is 0 Å². The maximum Gasteiger partial charge on any atom is 0.306 e. The lowest BCUT2D eigenvalue weighted by Gasteiger charge is -2.10. The van der Waals surface area contributed by atoms with E-state index < -0.39 is 0 Å². The van der Waals surface area contributed by atoms with Gasteiger partial charge in [-0.15, -0.1) is 6.58 Å². The Morgan fingerprint density at radius 1 is 1.16 bits per heavy atom. The van der Waals surface area contributed by atoms with Gasteiger partial charge >= 0.3 is 11.9 Å². The van der Waals surface area contributed by atoms with E-state index in [0.29, 0.717) is 38.7 Å². The van der Waals surface area contributed by atoms with Crippen LogP contribution in [0.3, 0.4) is 0 Å². The van der Waals surface area contributed by atoms with Gasteiger partial charge in [-0.25, -0.2) is 0 Å². The lowest BCUT2D eigenvalue weighted by molar-refractivity contribution is -0.149. The van der Waals surface area contributed by atoms with E-state index in [4.69, 9.17) is 9.47 Å². The van der Waals surface area contributed by atoms with Gasteiger partial charge < -0.3 is 9.47 Å². The fourth-order valence-electron chi connectivity index (χ4n) is 1.51. The van der Waals surface area contributed by atoms with Crippen molar-refractivity contribution in [2.45, 2.75) is 64.9 Å². The molecule has 0 aliphatic heterocycles. The predicted octanol–water partition coefficient (Wildman–Crippen LogP) is 3.40. The van der Waals surface area contributed by atoms with Crippen LogP contribution in [0.5, 0.6) is 0 Å². The summed E-state index contributed by atoms with van der Waals surface area (Å²) < 4.78 is 10.2. The van der Waals surface area contributed by atoms with E-state index in [9.17, 15) is 9.59 Å². The van der Waals surface area contributed by atoms with E-state index in [0.717, 1.165) is 12.8 Å². The second-order valence-electron chi connectivity index (χ2n) is 4.61. The number of ether oxygens (including phenoxy) is 2. The summed E-state index contributed by atoms with van der Waals surface area (Å²) in [6.45, 7) is 7.97. The highest BCUT2D eigenvalue weighted by atomic mass is 16.5. The van der Waals surface area contributed by atoms with Gasteiger partial charge in [0.05, 0.1) is 6.61 Å². The molecule has 0 aromatic rings. The van der Waals surface area contributed by atoms with Crippen LogP contribution in [0.2, 0.25) is 0 Å². The van der Waals surface area contributed by atoms with Crippen LogP contribution in [-0.2, 0) is 19.1 Å². The Kier molecular flexibility index (Phi) is 10.9. The van der Waals surface area contributed by atoms with E-state index in [-0.39, 0.29) is 18.0 Å². The van der Waals surface area contributed by atoms with Crippen LogP contribution >= 0.6 is 0 Å². The summed E-state index contributed by atoms with van der Waals surface area (Å²) in [6, 6.07) is 0. The fourth-order valence-corrected chi connectivity index (χ4v) is 1.51. The Morgan fingerprint density at radius 2 is 1.79 bits per heavy atom. The first-order valence-electron chi connectivity index (χ1n) is 7.06. The second-order valence-corrected chi connectivity index (χ2v) is 4.61. The highest BCUT2D eigenvalue weighted by molar-refractivity contribution is 5.70. The number of esters is 2. The molecule has 0 amide bonds. The molecule has 0 N–H and O–H groups in total. The standard InChI is InChI=1S/C15H26O4/c1-4-6-12-18-14(16)10-7-8-11-15(17)19-13(3)9-5-2/h5,13H,2,4,6-12H2,1,3H3. The largest absolute Gasteiger partial charge is 0.466 e. The highest BCUT2D eigenvalue weighted by Gasteiger charge is 2.08. The molecule has 0 saturated carbocycles. The summed E-state index contributed by atoms with van der Waals surface area (Å²) in [4.78, 5) is 22.7. The van der Waals surface area contributed by atoms with Gasteiger partial charge in [-0.3, -0.25) is 9.59 Å². The Bertz CT molecular complexity index is 273. The van der Waals surface area contributed by atoms with Crippen LogP contribution in [0.4, 0.5) is 0 Å². The molecule has 0 fully saturated rings. The number of carbonyl (C=O) groups is 2. The molecule has 110 valence electrons. The number of unbranched alkanes of at least 4 members (excludes halogenated alkanes) is 2. The Labute approximate surface area is 116 Å². The van der Waals surface area contributed by atoms with Crippen molar-refractivity contribution in [1.82, 2.24) is 0 Å². The number of carbonyl (C=O) groups excluding carboxylic acids is 2. The van der Waals surface area contributed by atoms with Crippen molar-refractivity contribution in [1.29, 1.82) is 0 Å². The van der Waals surface area contributed by atoms with Gasteiger partial charge in [-0.1, -0.05) is 19.4 Å². The van der Waals surface area contributed by atoms with Crippen LogP contribution in [0, 0.1) is 0 Å². The Morgan fingerprint density at radius 3 is 2.37 bits per heavy atom. The molecule has 0 spiro atoms. The van der Waals surface area contributed by atoms with Gasteiger partial charge in [0.15, 0.2) is 0 Å². The van der Waals surface area contributed by atoms with E-state index in [1.165, 1.54) is 0 Å². The van der Waals surface area contributed by atoms with Gasteiger partial charge in [0.25, 0.3) is 0 Å². The molecule has 4 heteroatoms. The summed E-state index contributed by atoms with van der Waals surface area (Å²) in [5.74, 6) is -0.393. The van der Waals surface area contributed by atoms with Crippen molar-refractivity contribution in [2.24, 2.45) is 0 Å². The summed E-state index contributed by atoms with van der Waals surface area (Å²) in [7, 11) is 0. The van der Waals surface area contributed by atoms with Gasteiger partial charge in [0.2, 0.25) is 0 Å². The lowest BCUT2D eigenvalue weighted by atomic mass is 10.2. The third kappa shape index (κ3) is 11.5. The topological polar surface area (TPSA) is 52.6 Å².